The van der Waals surface area contributed by atoms with Gasteiger partial charge in [0.15, 0.2) is 0 Å². The highest BCUT2D eigenvalue weighted by molar-refractivity contribution is 6.30. The highest BCUT2D eigenvalue weighted by Crippen LogP contribution is 2.28. The molecule has 140 valence electrons. The van der Waals surface area contributed by atoms with Crippen molar-refractivity contribution in [1.29, 1.82) is 0 Å². The molecule has 1 N–H and O–H groups in total. The summed E-state index contributed by atoms with van der Waals surface area (Å²) >= 11 is 6.11. The molecule has 0 unspecified atom stereocenters. The van der Waals surface area contributed by atoms with Crippen LogP contribution in [0.25, 0.3) is 0 Å². The van der Waals surface area contributed by atoms with Crippen LogP contribution in [-0.4, -0.2) is 39.8 Å². The van der Waals surface area contributed by atoms with E-state index in [1.165, 1.54) is 0 Å². The summed E-state index contributed by atoms with van der Waals surface area (Å²) in [4.78, 5) is 14.4. The molecule has 1 aromatic heterocycles. The van der Waals surface area contributed by atoms with E-state index in [2.05, 4.69) is 15.3 Å². The summed E-state index contributed by atoms with van der Waals surface area (Å²) in [5.41, 5.74) is 3.01. The number of hydrogen-bond acceptors (Lipinski definition) is 4. The van der Waals surface area contributed by atoms with E-state index >= 15 is 0 Å². The zero-order valence-electron chi connectivity index (χ0n) is 15.5. The Bertz CT molecular complexity index is 770. The third-order valence-corrected chi connectivity index (χ3v) is 4.78. The van der Waals surface area contributed by atoms with Crippen molar-refractivity contribution < 1.29 is 9.53 Å². The second kappa shape index (κ2) is 8.10. The molecule has 2 aromatic rings. The molecule has 0 saturated heterocycles. The van der Waals surface area contributed by atoms with Crippen molar-refractivity contribution in [2.75, 3.05) is 13.1 Å². The Morgan fingerprint density at radius 1 is 1.42 bits per heavy atom. The number of nitrogens with one attached hydrogen (secondary N) is 1. The van der Waals surface area contributed by atoms with Crippen LogP contribution in [0.4, 0.5) is 0 Å². The van der Waals surface area contributed by atoms with Crippen molar-refractivity contribution in [3.63, 3.8) is 0 Å². The van der Waals surface area contributed by atoms with Gasteiger partial charge in [-0.05, 0) is 38.1 Å². The maximum absolute atomic E-state index is 12.2. The molecule has 0 saturated carbocycles. The highest BCUT2D eigenvalue weighted by atomic mass is 35.5. The van der Waals surface area contributed by atoms with Gasteiger partial charge in [0.2, 0.25) is 5.91 Å². The zero-order valence-corrected chi connectivity index (χ0v) is 16.2. The standard InChI is InChI=1S/C19H25ClN4O2/c1-13-8-17(22-23(13)3)10-21-19(25)6-7-24-11-14(2)26-18-5-4-16(20)9-15(18)12-24/h4-5,8-9,14H,6-7,10-12H2,1-3H3,(H,21,25)/t14-/m0/s1. The number of fused-ring (bicyclic) bond motifs is 1. The lowest BCUT2D eigenvalue weighted by molar-refractivity contribution is -0.121. The summed E-state index contributed by atoms with van der Waals surface area (Å²) in [6.45, 7) is 6.67. The van der Waals surface area contributed by atoms with Gasteiger partial charge in [-0.2, -0.15) is 5.10 Å². The van der Waals surface area contributed by atoms with Gasteiger partial charge in [-0.1, -0.05) is 11.6 Å². The summed E-state index contributed by atoms with van der Waals surface area (Å²) in [7, 11) is 1.90. The number of ether oxygens (including phenoxy) is 1. The van der Waals surface area contributed by atoms with E-state index in [9.17, 15) is 4.79 Å². The van der Waals surface area contributed by atoms with Crippen molar-refractivity contribution >= 4 is 17.5 Å². The Labute approximate surface area is 159 Å². The van der Waals surface area contributed by atoms with Crippen LogP contribution < -0.4 is 10.1 Å². The van der Waals surface area contributed by atoms with E-state index in [-0.39, 0.29) is 12.0 Å². The van der Waals surface area contributed by atoms with Crippen LogP contribution in [0.1, 0.15) is 30.3 Å². The number of amides is 1. The molecule has 2 heterocycles. The molecule has 0 aliphatic carbocycles. The zero-order chi connectivity index (χ0) is 18.7. The van der Waals surface area contributed by atoms with Crippen LogP contribution >= 0.6 is 11.6 Å². The van der Waals surface area contributed by atoms with E-state index in [0.29, 0.717) is 24.5 Å². The average Bonchev–Trinajstić information content (AvgIpc) is 2.81. The van der Waals surface area contributed by atoms with Crippen molar-refractivity contribution in [2.24, 2.45) is 7.05 Å². The lowest BCUT2D eigenvalue weighted by atomic mass is 10.2. The van der Waals surface area contributed by atoms with Crippen LogP contribution in [0.15, 0.2) is 24.3 Å². The minimum atomic E-state index is 0.0254. The monoisotopic (exact) mass is 376 g/mol. The number of aryl methyl sites for hydroxylation is 2. The molecule has 1 aliphatic heterocycles. The largest absolute Gasteiger partial charge is 0.489 e. The molecule has 1 atom stereocenters. The molecule has 0 fully saturated rings. The van der Waals surface area contributed by atoms with E-state index < -0.39 is 0 Å². The number of nitrogens with zero attached hydrogens (tertiary/aromatic N) is 3. The van der Waals surface area contributed by atoms with Gasteiger partial charge in [0.05, 0.1) is 12.2 Å². The number of rotatable bonds is 5. The van der Waals surface area contributed by atoms with Crippen molar-refractivity contribution in [3.8, 4) is 5.75 Å². The van der Waals surface area contributed by atoms with Gasteiger partial charge in [0, 0.05) is 49.4 Å². The fraction of sp³-hybridized carbons (Fsp3) is 0.474. The lowest BCUT2D eigenvalue weighted by Crippen LogP contribution is -2.34. The quantitative estimate of drug-likeness (QED) is 0.871. The molecule has 1 amide bonds. The fourth-order valence-electron chi connectivity index (χ4n) is 3.14. The molecule has 26 heavy (non-hydrogen) atoms. The summed E-state index contributed by atoms with van der Waals surface area (Å²) in [6, 6.07) is 7.68. The van der Waals surface area contributed by atoms with Crippen LogP contribution in [0, 0.1) is 6.92 Å². The normalized spacial score (nSPS) is 17.3. The topological polar surface area (TPSA) is 59.4 Å². The smallest absolute Gasteiger partial charge is 0.221 e. The minimum absolute atomic E-state index is 0.0254. The summed E-state index contributed by atoms with van der Waals surface area (Å²) < 4.78 is 7.76. The fourth-order valence-corrected chi connectivity index (χ4v) is 3.33. The van der Waals surface area contributed by atoms with Crippen LogP contribution in [0.5, 0.6) is 5.75 Å². The average molecular weight is 377 g/mol. The first-order valence-electron chi connectivity index (χ1n) is 8.84. The Morgan fingerprint density at radius 3 is 2.96 bits per heavy atom. The predicted octanol–water partition coefficient (Wildman–Crippen LogP) is 2.67. The Balaban J connectivity index is 1.52. The molecular weight excluding hydrogens is 352 g/mol. The number of aromatic nitrogens is 2. The summed E-state index contributed by atoms with van der Waals surface area (Å²) in [5, 5.41) is 7.99. The predicted molar refractivity (Wildman–Crippen MR) is 101 cm³/mol. The van der Waals surface area contributed by atoms with Gasteiger partial charge in [-0.15, -0.1) is 0 Å². The lowest BCUT2D eigenvalue weighted by Gasteiger charge is -2.21. The summed E-state index contributed by atoms with van der Waals surface area (Å²) in [5.74, 6) is 0.900. The highest BCUT2D eigenvalue weighted by Gasteiger charge is 2.20. The first-order valence-corrected chi connectivity index (χ1v) is 9.22. The van der Waals surface area contributed by atoms with Crippen molar-refractivity contribution in [1.82, 2.24) is 20.0 Å². The number of carbonyl (C=O) groups is 1. The van der Waals surface area contributed by atoms with Gasteiger partial charge >= 0.3 is 0 Å². The minimum Gasteiger partial charge on any atom is -0.489 e. The number of benzene rings is 1. The Kier molecular flexibility index (Phi) is 5.84. The van der Waals surface area contributed by atoms with Crippen molar-refractivity contribution in [3.05, 3.63) is 46.2 Å². The molecule has 1 aliphatic rings. The van der Waals surface area contributed by atoms with E-state index in [1.807, 2.05) is 49.8 Å². The van der Waals surface area contributed by atoms with Gasteiger partial charge in [0.25, 0.3) is 0 Å². The molecule has 0 radical (unpaired) electrons. The van der Waals surface area contributed by atoms with E-state index in [0.717, 1.165) is 35.8 Å². The third kappa shape index (κ3) is 4.77. The molecule has 6 nitrogen and oxygen atoms in total. The van der Waals surface area contributed by atoms with Crippen LogP contribution in [-0.2, 0) is 24.9 Å². The Hall–Kier alpha value is -2.05. The van der Waals surface area contributed by atoms with Gasteiger partial charge in [0.1, 0.15) is 11.9 Å². The maximum atomic E-state index is 12.2. The molecule has 3 rings (SSSR count). The maximum Gasteiger partial charge on any atom is 0.221 e. The van der Waals surface area contributed by atoms with Crippen LogP contribution in [0.3, 0.4) is 0 Å². The molecular formula is C19H25ClN4O2. The molecule has 0 bridgehead atoms. The van der Waals surface area contributed by atoms with Gasteiger partial charge in [-0.3, -0.25) is 14.4 Å². The molecule has 1 aromatic carbocycles. The number of carbonyl (C=O) groups excluding carboxylic acids is 1. The molecule has 7 heteroatoms. The third-order valence-electron chi connectivity index (χ3n) is 4.55. The van der Waals surface area contributed by atoms with Gasteiger partial charge in [-0.25, -0.2) is 0 Å². The SMILES string of the molecule is Cc1cc(CNC(=O)CCN2Cc3cc(Cl)ccc3O[C@@H](C)C2)nn1C. The molecule has 0 spiro atoms. The van der Waals surface area contributed by atoms with Crippen molar-refractivity contribution in [2.45, 2.75) is 39.5 Å². The van der Waals surface area contributed by atoms with Crippen LogP contribution in [0.2, 0.25) is 5.02 Å². The number of hydrogen-bond donors (Lipinski definition) is 1. The van der Waals surface area contributed by atoms with E-state index in [4.69, 9.17) is 16.3 Å². The second-order valence-electron chi connectivity index (χ2n) is 6.84. The first kappa shape index (κ1) is 18.7. The van der Waals surface area contributed by atoms with Gasteiger partial charge < -0.3 is 10.1 Å². The number of halogens is 1. The summed E-state index contributed by atoms with van der Waals surface area (Å²) in [6.07, 6.45) is 0.506. The first-order chi connectivity index (χ1) is 12.4. The second-order valence-corrected chi connectivity index (χ2v) is 7.28. The van der Waals surface area contributed by atoms with E-state index in [1.54, 1.807) is 0 Å². The Morgan fingerprint density at radius 2 is 2.23 bits per heavy atom.